The van der Waals surface area contributed by atoms with Gasteiger partial charge in [-0.25, -0.2) is 0 Å². The Kier molecular flexibility index (Phi) is 4.03. The lowest BCUT2D eigenvalue weighted by atomic mass is 10.1. The van der Waals surface area contributed by atoms with Crippen molar-refractivity contribution in [2.75, 3.05) is 0 Å². The molecule has 1 aromatic rings. The summed E-state index contributed by atoms with van der Waals surface area (Å²) in [7, 11) is 0.112. The van der Waals surface area contributed by atoms with Crippen molar-refractivity contribution in [1.82, 2.24) is 0 Å². The molecule has 0 spiro atoms. The molecule has 0 nitrogen and oxygen atoms in total. The summed E-state index contributed by atoms with van der Waals surface area (Å²) < 4.78 is 0. The summed E-state index contributed by atoms with van der Waals surface area (Å²) in [6, 6.07) is 9.07. The molecule has 1 aliphatic heterocycles. The molecule has 3 atom stereocenters. The van der Waals surface area contributed by atoms with Gasteiger partial charge in [-0.3, -0.25) is 0 Å². The number of benzene rings is 1. The Morgan fingerprint density at radius 3 is 2.12 bits per heavy atom. The van der Waals surface area contributed by atoms with E-state index in [-0.39, 0.29) is 7.92 Å². The van der Waals surface area contributed by atoms with E-state index in [0.717, 1.165) is 11.3 Å². The molecule has 16 heavy (non-hydrogen) atoms. The van der Waals surface area contributed by atoms with Crippen LogP contribution in [0.25, 0.3) is 0 Å². The molecule has 88 valence electrons. The topological polar surface area (TPSA) is 0 Å². The number of aryl methyl sites for hydroxylation is 1. The summed E-state index contributed by atoms with van der Waals surface area (Å²) in [6.07, 6.45) is 5.68. The van der Waals surface area contributed by atoms with Crippen LogP contribution in [0.4, 0.5) is 0 Å². The Morgan fingerprint density at radius 2 is 1.62 bits per heavy atom. The smallest absolute Gasteiger partial charge is 0.0169 e. The van der Waals surface area contributed by atoms with Crippen molar-refractivity contribution < 1.29 is 0 Å². The largest absolute Gasteiger partial charge is 0.0687 e. The molecule has 0 aliphatic carbocycles. The van der Waals surface area contributed by atoms with E-state index in [0.29, 0.717) is 0 Å². The molecule has 1 heteroatoms. The van der Waals surface area contributed by atoms with E-state index >= 15 is 0 Å². The first kappa shape index (κ1) is 12.1. The lowest BCUT2D eigenvalue weighted by molar-refractivity contribution is 0.696. The first-order valence-electron chi connectivity index (χ1n) is 6.61. The van der Waals surface area contributed by atoms with Crippen molar-refractivity contribution in [3.63, 3.8) is 0 Å². The monoisotopic (exact) mass is 234 g/mol. The molecule has 0 N–H and O–H groups in total. The van der Waals surface area contributed by atoms with Crippen molar-refractivity contribution in [1.29, 1.82) is 0 Å². The van der Waals surface area contributed by atoms with Gasteiger partial charge in [-0.2, -0.15) is 0 Å². The minimum absolute atomic E-state index is 0.112. The molecular weight excluding hydrogens is 211 g/mol. The number of rotatable bonds is 3. The van der Waals surface area contributed by atoms with E-state index in [1.165, 1.54) is 31.2 Å². The van der Waals surface area contributed by atoms with Gasteiger partial charge in [-0.15, -0.1) is 0 Å². The highest BCUT2D eigenvalue weighted by atomic mass is 31.1. The zero-order chi connectivity index (χ0) is 11.5. The van der Waals surface area contributed by atoms with Crippen LogP contribution in [0.15, 0.2) is 24.3 Å². The standard InChI is InChI=1S/C15H23P/c1-4-13-10-11-14(5-2)16(13)15-9-7-6-8-12(15)3/h6-9,13-14H,4-5,10-11H2,1-3H3/t13-,14?,16?/m1/s1. The van der Waals surface area contributed by atoms with Crippen LogP contribution in [0.2, 0.25) is 0 Å². The van der Waals surface area contributed by atoms with Crippen LogP contribution in [-0.4, -0.2) is 11.3 Å². The van der Waals surface area contributed by atoms with E-state index < -0.39 is 0 Å². The van der Waals surface area contributed by atoms with Gasteiger partial charge in [-0.05, 0) is 54.8 Å². The minimum atomic E-state index is 0.112. The Balaban J connectivity index is 2.32. The summed E-state index contributed by atoms with van der Waals surface area (Å²) in [5.74, 6) is 0. The Labute approximate surface area is 101 Å². The molecule has 2 rings (SSSR count). The third kappa shape index (κ3) is 2.18. The molecule has 0 bridgehead atoms. The van der Waals surface area contributed by atoms with Gasteiger partial charge in [0.2, 0.25) is 0 Å². The number of hydrogen-bond donors (Lipinski definition) is 0. The lowest BCUT2D eigenvalue weighted by Gasteiger charge is -2.26. The van der Waals surface area contributed by atoms with E-state index in [1.807, 2.05) is 0 Å². The fourth-order valence-corrected chi connectivity index (χ4v) is 6.77. The van der Waals surface area contributed by atoms with Crippen molar-refractivity contribution in [2.45, 2.75) is 57.8 Å². The minimum Gasteiger partial charge on any atom is -0.0687 e. The summed E-state index contributed by atoms with van der Waals surface area (Å²) in [5, 5.41) is 1.69. The Morgan fingerprint density at radius 1 is 1.06 bits per heavy atom. The van der Waals surface area contributed by atoms with E-state index in [4.69, 9.17) is 0 Å². The second kappa shape index (κ2) is 5.32. The van der Waals surface area contributed by atoms with Gasteiger partial charge in [0.05, 0.1) is 0 Å². The first-order valence-corrected chi connectivity index (χ1v) is 8.09. The predicted molar refractivity (Wildman–Crippen MR) is 75.1 cm³/mol. The van der Waals surface area contributed by atoms with Crippen LogP contribution in [0, 0.1) is 6.92 Å². The quantitative estimate of drug-likeness (QED) is 0.678. The average Bonchev–Trinajstić information content (AvgIpc) is 2.72. The molecule has 1 aromatic carbocycles. The van der Waals surface area contributed by atoms with Crippen LogP contribution < -0.4 is 5.30 Å². The van der Waals surface area contributed by atoms with Gasteiger partial charge >= 0.3 is 0 Å². The summed E-state index contributed by atoms with van der Waals surface area (Å²) in [6.45, 7) is 7.03. The van der Waals surface area contributed by atoms with E-state index in [2.05, 4.69) is 45.0 Å². The van der Waals surface area contributed by atoms with E-state index in [9.17, 15) is 0 Å². The van der Waals surface area contributed by atoms with Gasteiger partial charge < -0.3 is 0 Å². The maximum absolute atomic E-state index is 2.39. The van der Waals surface area contributed by atoms with Gasteiger partial charge in [0, 0.05) is 0 Å². The Bertz CT molecular complexity index is 333. The van der Waals surface area contributed by atoms with Crippen LogP contribution in [-0.2, 0) is 0 Å². The van der Waals surface area contributed by atoms with Crippen LogP contribution in [0.1, 0.15) is 45.1 Å². The molecule has 0 amide bonds. The highest BCUT2D eigenvalue weighted by molar-refractivity contribution is 7.67. The normalized spacial score (nSPS) is 29.6. The number of hydrogen-bond acceptors (Lipinski definition) is 0. The molecule has 1 heterocycles. The first-order chi connectivity index (χ1) is 7.77. The molecule has 2 unspecified atom stereocenters. The van der Waals surface area contributed by atoms with Crippen molar-refractivity contribution in [2.24, 2.45) is 0 Å². The summed E-state index contributed by atoms with van der Waals surface area (Å²) >= 11 is 0. The lowest BCUT2D eigenvalue weighted by Crippen LogP contribution is -2.16. The van der Waals surface area contributed by atoms with Gasteiger partial charge in [0.1, 0.15) is 0 Å². The van der Waals surface area contributed by atoms with E-state index in [1.54, 1.807) is 5.30 Å². The predicted octanol–water partition coefficient (Wildman–Crippen LogP) is 4.45. The summed E-state index contributed by atoms with van der Waals surface area (Å²) in [4.78, 5) is 0. The molecule has 0 saturated carbocycles. The van der Waals surface area contributed by atoms with Gasteiger partial charge in [0.15, 0.2) is 0 Å². The second-order valence-corrected chi connectivity index (χ2v) is 7.65. The highest BCUT2D eigenvalue weighted by Gasteiger charge is 2.34. The molecule has 0 radical (unpaired) electrons. The summed E-state index contributed by atoms with van der Waals surface area (Å²) in [5.41, 5.74) is 3.49. The fourth-order valence-electron chi connectivity index (χ4n) is 3.01. The van der Waals surface area contributed by atoms with Crippen molar-refractivity contribution in [3.8, 4) is 0 Å². The van der Waals surface area contributed by atoms with Crippen LogP contribution >= 0.6 is 7.92 Å². The Hall–Kier alpha value is -0.350. The van der Waals surface area contributed by atoms with Crippen LogP contribution in [0.3, 0.4) is 0 Å². The zero-order valence-corrected chi connectivity index (χ0v) is 11.6. The van der Waals surface area contributed by atoms with Gasteiger partial charge in [-0.1, -0.05) is 46.0 Å². The molecule has 1 fully saturated rings. The van der Waals surface area contributed by atoms with Crippen molar-refractivity contribution >= 4 is 13.2 Å². The van der Waals surface area contributed by atoms with Gasteiger partial charge in [0.25, 0.3) is 0 Å². The highest BCUT2D eigenvalue weighted by Crippen LogP contribution is 2.57. The molecule has 0 aromatic heterocycles. The molecule has 1 aliphatic rings. The maximum atomic E-state index is 2.39. The second-order valence-electron chi connectivity index (χ2n) is 4.90. The fraction of sp³-hybridized carbons (Fsp3) is 0.600. The zero-order valence-electron chi connectivity index (χ0n) is 10.7. The van der Waals surface area contributed by atoms with Crippen LogP contribution in [0.5, 0.6) is 0 Å². The molecule has 1 saturated heterocycles. The molecular formula is C15H23P. The SMILES string of the molecule is CCC1CC[C@@H](CC)P1c1ccccc1C. The third-order valence-electron chi connectivity index (χ3n) is 3.96. The third-order valence-corrected chi connectivity index (χ3v) is 7.83. The van der Waals surface area contributed by atoms with Crippen molar-refractivity contribution in [3.05, 3.63) is 29.8 Å². The average molecular weight is 234 g/mol. The maximum Gasteiger partial charge on any atom is -0.0169 e.